The normalized spacial score (nSPS) is 10.7. The molecule has 0 spiro atoms. The topological polar surface area (TPSA) is 34.1 Å². The molecule has 13 heavy (non-hydrogen) atoms. The second-order valence-corrected chi connectivity index (χ2v) is 4.06. The van der Waals surface area contributed by atoms with E-state index in [0.717, 1.165) is 25.3 Å². The van der Waals surface area contributed by atoms with Crippen molar-refractivity contribution in [1.29, 1.82) is 0 Å². The fourth-order valence-corrected chi connectivity index (χ4v) is 2.17. The van der Waals surface area contributed by atoms with Crippen molar-refractivity contribution in [2.75, 3.05) is 20.8 Å². The van der Waals surface area contributed by atoms with Crippen LogP contribution in [0.3, 0.4) is 0 Å². The average Bonchev–Trinajstić information content (AvgIpc) is 2.45. The number of aromatic nitrogens is 1. The fraction of sp³-hybridized carbons (Fsp3) is 0.667. The molecule has 0 unspecified atom stereocenters. The minimum atomic E-state index is 0.756. The number of thiazole rings is 1. The molecule has 0 saturated carbocycles. The molecule has 1 heterocycles. The smallest absolute Gasteiger partial charge is 0.0954 e. The average molecular weight is 200 g/mol. The number of hydrogen-bond donors (Lipinski definition) is 1. The zero-order chi connectivity index (χ0) is 9.68. The predicted molar refractivity (Wildman–Crippen MR) is 55.2 cm³/mol. The van der Waals surface area contributed by atoms with Gasteiger partial charge in [0.05, 0.1) is 17.3 Å². The van der Waals surface area contributed by atoms with E-state index < -0.39 is 0 Å². The molecular formula is C9H16N2OS. The summed E-state index contributed by atoms with van der Waals surface area (Å²) in [6.07, 6.45) is 0.922. The second kappa shape index (κ2) is 5.32. The largest absolute Gasteiger partial charge is 0.384 e. The Hall–Kier alpha value is -0.450. The van der Waals surface area contributed by atoms with E-state index in [0.29, 0.717) is 0 Å². The van der Waals surface area contributed by atoms with Crippen LogP contribution in [0.5, 0.6) is 0 Å². The van der Waals surface area contributed by atoms with E-state index in [1.807, 2.05) is 7.05 Å². The van der Waals surface area contributed by atoms with E-state index in [2.05, 4.69) is 17.2 Å². The number of hydrogen-bond acceptors (Lipinski definition) is 4. The van der Waals surface area contributed by atoms with Crippen LogP contribution in [0, 0.1) is 6.92 Å². The molecule has 74 valence electrons. The van der Waals surface area contributed by atoms with E-state index in [1.165, 1.54) is 9.88 Å². The van der Waals surface area contributed by atoms with E-state index in [9.17, 15) is 0 Å². The van der Waals surface area contributed by atoms with Crippen molar-refractivity contribution in [1.82, 2.24) is 10.3 Å². The van der Waals surface area contributed by atoms with Gasteiger partial charge in [-0.2, -0.15) is 0 Å². The number of ether oxygens (including phenoxy) is 1. The van der Waals surface area contributed by atoms with Gasteiger partial charge in [-0.3, -0.25) is 0 Å². The van der Waals surface area contributed by atoms with Crippen molar-refractivity contribution in [2.45, 2.75) is 19.9 Å². The van der Waals surface area contributed by atoms with E-state index >= 15 is 0 Å². The zero-order valence-electron chi connectivity index (χ0n) is 8.39. The standard InChI is InChI=1S/C9H16N2OS/c1-7-8(6-10-2)13-9(11-7)4-5-12-3/h10H,4-6H2,1-3H3. The molecule has 4 heteroatoms. The number of rotatable bonds is 5. The number of aryl methyl sites for hydroxylation is 1. The first kappa shape index (κ1) is 10.6. The van der Waals surface area contributed by atoms with Crippen molar-refractivity contribution >= 4 is 11.3 Å². The van der Waals surface area contributed by atoms with Crippen molar-refractivity contribution in [3.63, 3.8) is 0 Å². The highest BCUT2D eigenvalue weighted by atomic mass is 32.1. The van der Waals surface area contributed by atoms with Gasteiger partial charge in [-0.15, -0.1) is 11.3 Å². The first-order valence-corrected chi connectivity index (χ1v) is 5.18. The summed E-state index contributed by atoms with van der Waals surface area (Å²) in [5, 5.41) is 4.30. The highest BCUT2D eigenvalue weighted by Gasteiger charge is 2.05. The van der Waals surface area contributed by atoms with E-state index in [1.54, 1.807) is 18.4 Å². The van der Waals surface area contributed by atoms with Crippen LogP contribution < -0.4 is 5.32 Å². The molecule has 0 fully saturated rings. The lowest BCUT2D eigenvalue weighted by molar-refractivity contribution is 0.202. The molecule has 0 aromatic carbocycles. The third-order valence-electron chi connectivity index (χ3n) is 1.79. The summed E-state index contributed by atoms with van der Waals surface area (Å²) in [5.41, 5.74) is 1.14. The number of nitrogens with zero attached hydrogens (tertiary/aromatic N) is 1. The Morgan fingerprint density at radius 1 is 1.54 bits per heavy atom. The second-order valence-electron chi connectivity index (χ2n) is 2.89. The summed E-state index contributed by atoms with van der Waals surface area (Å²) in [6, 6.07) is 0. The van der Waals surface area contributed by atoms with Crippen molar-refractivity contribution in [2.24, 2.45) is 0 Å². The van der Waals surface area contributed by atoms with Crippen LogP contribution in [0.2, 0.25) is 0 Å². The highest BCUT2D eigenvalue weighted by Crippen LogP contribution is 2.17. The lowest BCUT2D eigenvalue weighted by atomic mass is 10.4. The molecular weight excluding hydrogens is 184 g/mol. The summed E-state index contributed by atoms with van der Waals surface area (Å²) in [7, 11) is 3.67. The lowest BCUT2D eigenvalue weighted by Gasteiger charge is -1.93. The van der Waals surface area contributed by atoms with Crippen LogP contribution in [-0.2, 0) is 17.7 Å². The molecule has 0 radical (unpaired) electrons. The minimum absolute atomic E-state index is 0.756. The maximum Gasteiger partial charge on any atom is 0.0954 e. The van der Waals surface area contributed by atoms with E-state index in [-0.39, 0.29) is 0 Å². The zero-order valence-corrected chi connectivity index (χ0v) is 9.20. The third kappa shape index (κ3) is 3.06. The third-order valence-corrected chi connectivity index (χ3v) is 3.01. The fourth-order valence-electron chi connectivity index (χ4n) is 1.11. The SMILES string of the molecule is CNCc1sc(CCOC)nc1C. The Morgan fingerprint density at radius 3 is 2.92 bits per heavy atom. The molecule has 0 bridgehead atoms. The van der Waals surface area contributed by atoms with Crippen LogP contribution in [0.25, 0.3) is 0 Å². The molecule has 1 N–H and O–H groups in total. The Labute approximate surface area is 83.1 Å². The minimum Gasteiger partial charge on any atom is -0.384 e. The van der Waals surface area contributed by atoms with Gasteiger partial charge in [-0.1, -0.05) is 0 Å². The Morgan fingerprint density at radius 2 is 2.31 bits per heavy atom. The molecule has 0 aliphatic carbocycles. The van der Waals surface area contributed by atoms with Crippen LogP contribution in [0.4, 0.5) is 0 Å². The molecule has 3 nitrogen and oxygen atoms in total. The molecule has 0 atom stereocenters. The highest BCUT2D eigenvalue weighted by molar-refractivity contribution is 7.11. The molecule has 0 aliphatic heterocycles. The number of nitrogens with one attached hydrogen (secondary N) is 1. The van der Waals surface area contributed by atoms with Crippen LogP contribution in [0.1, 0.15) is 15.6 Å². The van der Waals surface area contributed by atoms with Crippen LogP contribution in [0.15, 0.2) is 0 Å². The first-order valence-electron chi connectivity index (χ1n) is 4.36. The van der Waals surface area contributed by atoms with Crippen LogP contribution >= 0.6 is 11.3 Å². The predicted octanol–water partition coefficient (Wildman–Crippen LogP) is 1.36. The maximum atomic E-state index is 5.01. The number of methoxy groups -OCH3 is 1. The van der Waals surface area contributed by atoms with Crippen LogP contribution in [-0.4, -0.2) is 25.7 Å². The van der Waals surface area contributed by atoms with Gasteiger partial charge in [0.25, 0.3) is 0 Å². The first-order chi connectivity index (χ1) is 6.27. The van der Waals surface area contributed by atoms with Crippen molar-refractivity contribution in [3.8, 4) is 0 Å². The van der Waals surface area contributed by atoms with Gasteiger partial charge in [-0.25, -0.2) is 4.98 Å². The summed E-state index contributed by atoms with van der Waals surface area (Å²) in [6.45, 7) is 3.72. The van der Waals surface area contributed by atoms with Gasteiger partial charge in [-0.05, 0) is 14.0 Å². The van der Waals surface area contributed by atoms with Gasteiger partial charge in [0.2, 0.25) is 0 Å². The van der Waals surface area contributed by atoms with Gasteiger partial charge in [0.1, 0.15) is 0 Å². The van der Waals surface area contributed by atoms with Gasteiger partial charge >= 0.3 is 0 Å². The van der Waals surface area contributed by atoms with Crippen molar-refractivity contribution in [3.05, 3.63) is 15.6 Å². The van der Waals surface area contributed by atoms with Crippen molar-refractivity contribution < 1.29 is 4.74 Å². The van der Waals surface area contributed by atoms with Gasteiger partial charge in [0, 0.05) is 25.0 Å². The summed E-state index contributed by atoms with van der Waals surface area (Å²) < 4.78 is 5.01. The van der Waals surface area contributed by atoms with Gasteiger partial charge in [0.15, 0.2) is 0 Å². The summed E-state index contributed by atoms with van der Waals surface area (Å²) in [5.74, 6) is 0. The lowest BCUT2D eigenvalue weighted by Crippen LogP contribution is -2.04. The molecule has 0 amide bonds. The Bertz CT molecular complexity index is 260. The summed E-state index contributed by atoms with van der Waals surface area (Å²) in [4.78, 5) is 5.79. The Kier molecular flexibility index (Phi) is 4.35. The molecule has 1 aromatic rings. The quantitative estimate of drug-likeness (QED) is 0.779. The monoisotopic (exact) mass is 200 g/mol. The molecule has 1 rings (SSSR count). The van der Waals surface area contributed by atoms with Gasteiger partial charge < -0.3 is 10.1 Å². The molecule has 1 aromatic heterocycles. The summed E-state index contributed by atoms with van der Waals surface area (Å²) >= 11 is 1.77. The molecule has 0 aliphatic rings. The molecule has 0 saturated heterocycles. The maximum absolute atomic E-state index is 5.01. The Balaban J connectivity index is 2.59. The van der Waals surface area contributed by atoms with E-state index in [4.69, 9.17) is 4.74 Å².